The number of Topliss-reactive ketones (excluding diaryl/α,β-unsaturated/α-hetero) is 1. The fourth-order valence-corrected chi connectivity index (χ4v) is 4.95. The highest BCUT2D eigenvalue weighted by molar-refractivity contribution is 6.10. The van der Waals surface area contributed by atoms with Crippen LogP contribution in [0.2, 0.25) is 0 Å². The minimum Gasteiger partial charge on any atom is -0.489 e. The molecule has 0 aliphatic heterocycles. The Morgan fingerprint density at radius 3 is 1.94 bits per heavy atom. The van der Waals surface area contributed by atoms with E-state index in [-0.39, 0.29) is 25.4 Å². The Balaban J connectivity index is 1.86. The number of carbonyl (C=O) groups is 4. The Hall–Kier alpha value is -4.80. The third-order valence-electron chi connectivity index (χ3n) is 7.52. The van der Waals surface area contributed by atoms with Gasteiger partial charge in [-0.1, -0.05) is 100 Å². The molecular formula is C36H43F2N3O6. The predicted octanol–water partition coefficient (Wildman–Crippen LogP) is 5.86. The summed E-state index contributed by atoms with van der Waals surface area (Å²) >= 11 is 0. The van der Waals surface area contributed by atoms with E-state index in [0.717, 1.165) is 10.5 Å². The van der Waals surface area contributed by atoms with Crippen molar-refractivity contribution in [1.29, 1.82) is 0 Å². The summed E-state index contributed by atoms with van der Waals surface area (Å²) in [7, 11) is 0. The van der Waals surface area contributed by atoms with Crippen molar-refractivity contribution in [3.05, 3.63) is 102 Å². The van der Waals surface area contributed by atoms with E-state index in [9.17, 15) is 24.3 Å². The average molecular weight is 652 g/mol. The predicted molar refractivity (Wildman–Crippen MR) is 174 cm³/mol. The Kier molecular flexibility index (Phi) is 13.4. The lowest BCUT2D eigenvalue weighted by molar-refractivity contribution is -0.160. The molecule has 0 aromatic heterocycles. The van der Waals surface area contributed by atoms with E-state index in [4.69, 9.17) is 4.74 Å². The zero-order valence-electron chi connectivity index (χ0n) is 27.1. The maximum atomic E-state index is 15.4. The van der Waals surface area contributed by atoms with Crippen LogP contribution in [0.25, 0.3) is 0 Å². The third kappa shape index (κ3) is 10.9. The zero-order valence-corrected chi connectivity index (χ0v) is 27.1. The number of carbonyl (C=O) groups excluding carboxylic acids is 3. The summed E-state index contributed by atoms with van der Waals surface area (Å²) in [4.78, 5) is 52.8. The van der Waals surface area contributed by atoms with Crippen LogP contribution >= 0.6 is 0 Å². The lowest BCUT2D eigenvalue weighted by Crippen LogP contribution is -2.59. The van der Waals surface area contributed by atoms with Gasteiger partial charge in [0.25, 0.3) is 5.91 Å². The molecule has 0 aliphatic rings. The molecular weight excluding hydrogens is 608 g/mol. The molecule has 0 aliphatic carbocycles. The standard InChI is InChI=1S/C36H43F2N3O6/c1-24(2)19-20-39-34(44)36(37,38)32(42)30(21-26-15-17-29(18-16-26)47-23-28-13-9-6-10-14-28)40-33(43)31(25(3)4)41(35(45)46)22-27-11-7-5-8-12-27/h5-18,24-25,30-31H,19-23H2,1-4H3,(H,39,44)(H,40,43)(H,45,46)/t30-,31-/m0/s1. The Labute approximate surface area is 274 Å². The molecule has 0 saturated carbocycles. The van der Waals surface area contributed by atoms with Crippen LogP contribution < -0.4 is 15.4 Å². The van der Waals surface area contributed by atoms with E-state index in [1.165, 1.54) is 0 Å². The molecule has 0 radical (unpaired) electrons. The van der Waals surface area contributed by atoms with Gasteiger partial charge < -0.3 is 20.5 Å². The molecule has 0 heterocycles. The van der Waals surface area contributed by atoms with Gasteiger partial charge in [0.05, 0.1) is 6.04 Å². The first kappa shape index (κ1) is 36.7. The van der Waals surface area contributed by atoms with Crippen LogP contribution in [0.15, 0.2) is 84.9 Å². The number of ether oxygens (including phenoxy) is 1. The molecule has 3 rings (SSSR count). The minimum atomic E-state index is -4.46. The number of hydrogen-bond acceptors (Lipinski definition) is 5. The fourth-order valence-electron chi connectivity index (χ4n) is 4.95. The monoisotopic (exact) mass is 651 g/mol. The quantitative estimate of drug-likeness (QED) is 0.157. The van der Waals surface area contributed by atoms with Crippen molar-refractivity contribution < 1.29 is 37.8 Å². The van der Waals surface area contributed by atoms with Crippen LogP contribution in [-0.4, -0.2) is 58.2 Å². The summed E-state index contributed by atoms with van der Waals surface area (Å²) in [6, 6.07) is 21.3. The largest absolute Gasteiger partial charge is 0.489 e. The zero-order chi connectivity index (χ0) is 34.6. The second kappa shape index (κ2) is 17.2. The lowest BCUT2D eigenvalue weighted by atomic mass is 9.95. The van der Waals surface area contributed by atoms with Crippen LogP contribution in [0.1, 0.15) is 50.8 Å². The molecule has 0 spiro atoms. The molecule has 3 amide bonds. The van der Waals surface area contributed by atoms with E-state index in [1.54, 1.807) is 68.4 Å². The minimum absolute atomic E-state index is 0.0523. The van der Waals surface area contributed by atoms with Crippen LogP contribution in [0.5, 0.6) is 5.75 Å². The van der Waals surface area contributed by atoms with Gasteiger partial charge in [-0.15, -0.1) is 0 Å². The van der Waals surface area contributed by atoms with Gasteiger partial charge in [0, 0.05) is 19.5 Å². The van der Waals surface area contributed by atoms with E-state index in [1.807, 2.05) is 44.2 Å². The molecule has 3 aromatic rings. The molecule has 9 nitrogen and oxygen atoms in total. The lowest BCUT2D eigenvalue weighted by Gasteiger charge is -2.33. The van der Waals surface area contributed by atoms with E-state index in [2.05, 4.69) is 10.6 Å². The number of hydrogen-bond donors (Lipinski definition) is 3. The van der Waals surface area contributed by atoms with Crippen LogP contribution in [0.4, 0.5) is 13.6 Å². The van der Waals surface area contributed by atoms with Crippen molar-refractivity contribution in [2.75, 3.05) is 6.54 Å². The van der Waals surface area contributed by atoms with E-state index >= 15 is 8.78 Å². The van der Waals surface area contributed by atoms with Gasteiger partial charge >= 0.3 is 12.0 Å². The van der Waals surface area contributed by atoms with Gasteiger partial charge in [-0.3, -0.25) is 19.3 Å². The molecule has 0 saturated heterocycles. The summed E-state index contributed by atoms with van der Waals surface area (Å²) < 4.78 is 36.5. The summed E-state index contributed by atoms with van der Waals surface area (Å²) in [5.74, 6) is -8.92. The highest BCUT2D eigenvalue weighted by Gasteiger charge is 2.51. The maximum absolute atomic E-state index is 15.4. The number of benzene rings is 3. The van der Waals surface area contributed by atoms with Gasteiger partial charge in [-0.05, 0) is 47.1 Å². The molecule has 3 N–H and O–H groups in total. The summed E-state index contributed by atoms with van der Waals surface area (Å²) in [6.07, 6.45) is -1.35. The number of nitrogens with one attached hydrogen (secondary N) is 2. The number of halogens is 2. The van der Waals surface area contributed by atoms with Crippen molar-refractivity contribution in [2.45, 2.75) is 71.7 Å². The molecule has 0 unspecified atom stereocenters. The van der Waals surface area contributed by atoms with Crippen LogP contribution in [-0.2, 0) is 34.0 Å². The van der Waals surface area contributed by atoms with Crippen LogP contribution in [0, 0.1) is 11.8 Å². The molecule has 0 fully saturated rings. The second-order valence-electron chi connectivity index (χ2n) is 12.1. The van der Waals surface area contributed by atoms with Gasteiger partial charge in [-0.25, -0.2) is 4.79 Å². The summed E-state index contributed by atoms with van der Waals surface area (Å²) in [6.45, 7) is 7.06. The third-order valence-corrected chi connectivity index (χ3v) is 7.52. The SMILES string of the molecule is CC(C)CCNC(=O)C(F)(F)C(=O)[C@H](Cc1ccc(OCc2ccccc2)cc1)NC(=O)[C@H](C(C)C)N(Cc1ccccc1)C(=O)O. The number of carboxylic acid groups (broad SMARTS) is 1. The summed E-state index contributed by atoms with van der Waals surface area (Å²) in [5, 5.41) is 14.5. The van der Waals surface area contributed by atoms with E-state index in [0.29, 0.717) is 29.9 Å². The number of ketones is 1. The van der Waals surface area contributed by atoms with E-state index < -0.39 is 47.6 Å². The molecule has 47 heavy (non-hydrogen) atoms. The molecule has 252 valence electrons. The smallest absolute Gasteiger partial charge is 0.408 e. The number of amides is 3. The number of nitrogens with zero attached hydrogens (tertiary/aromatic N) is 1. The normalized spacial score (nSPS) is 12.7. The maximum Gasteiger partial charge on any atom is 0.408 e. The second-order valence-corrected chi connectivity index (χ2v) is 12.1. The van der Waals surface area contributed by atoms with Gasteiger partial charge in [0.2, 0.25) is 11.7 Å². The van der Waals surface area contributed by atoms with Crippen LogP contribution in [0.3, 0.4) is 0 Å². The topological polar surface area (TPSA) is 125 Å². The highest BCUT2D eigenvalue weighted by Crippen LogP contribution is 2.23. The van der Waals surface area contributed by atoms with Gasteiger partial charge in [0.1, 0.15) is 18.4 Å². The Morgan fingerprint density at radius 1 is 0.830 bits per heavy atom. The van der Waals surface area contributed by atoms with Crippen molar-refractivity contribution in [3.63, 3.8) is 0 Å². The van der Waals surface area contributed by atoms with Crippen molar-refractivity contribution >= 4 is 23.7 Å². The van der Waals surface area contributed by atoms with Crippen molar-refractivity contribution in [3.8, 4) is 5.75 Å². The molecule has 2 atom stereocenters. The molecule has 11 heteroatoms. The fraction of sp³-hybridized carbons (Fsp3) is 0.389. The van der Waals surface area contributed by atoms with Gasteiger partial charge in [0.15, 0.2) is 0 Å². The van der Waals surface area contributed by atoms with Gasteiger partial charge in [-0.2, -0.15) is 8.78 Å². The van der Waals surface area contributed by atoms with Crippen molar-refractivity contribution in [1.82, 2.24) is 15.5 Å². The highest BCUT2D eigenvalue weighted by atomic mass is 19.3. The number of alkyl halides is 2. The first-order valence-electron chi connectivity index (χ1n) is 15.6. The Morgan fingerprint density at radius 2 is 1.40 bits per heavy atom. The first-order valence-corrected chi connectivity index (χ1v) is 15.6. The average Bonchev–Trinajstić information content (AvgIpc) is 3.04. The Bertz CT molecular complexity index is 1470. The molecule has 3 aromatic carbocycles. The number of rotatable bonds is 17. The first-order chi connectivity index (χ1) is 22.3. The summed E-state index contributed by atoms with van der Waals surface area (Å²) in [5.41, 5.74) is 1.97. The van der Waals surface area contributed by atoms with Crippen molar-refractivity contribution in [2.24, 2.45) is 11.8 Å². The molecule has 0 bridgehead atoms.